The van der Waals surface area contributed by atoms with Crippen molar-refractivity contribution in [2.45, 2.75) is 31.4 Å². The standard InChI is InChI=1S/C23H24N4O2/c1-27-16-26-14-22(27)23(25)9-2-3-10-28-15-17-5-4-6-20(11-17)29-21-12-19(23)8-7-18(21)13-24/h4-8,11-12,14,16H,2-3,9-10,15,25H2,1H3. The molecule has 0 aliphatic carbocycles. The van der Waals surface area contributed by atoms with E-state index in [0.717, 1.165) is 36.1 Å². The van der Waals surface area contributed by atoms with Crippen LogP contribution in [0.5, 0.6) is 11.5 Å². The van der Waals surface area contributed by atoms with Gasteiger partial charge in [0.25, 0.3) is 0 Å². The first-order valence-corrected chi connectivity index (χ1v) is 9.75. The number of benzene rings is 2. The maximum absolute atomic E-state index is 9.57. The van der Waals surface area contributed by atoms with Gasteiger partial charge in [0.2, 0.25) is 0 Å². The predicted octanol–water partition coefficient (Wildman–Crippen LogP) is 3.99. The van der Waals surface area contributed by atoms with Gasteiger partial charge in [-0.3, -0.25) is 0 Å². The molecule has 0 spiro atoms. The Morgan fingerprint density at radius 1 is 1.21 bits per heavy atom. The fraction of sp³-hybridized carbons (Fsp3) is 0.304. The lowest BCUT2D eigenvalue weighted by atomic mass is 9.82. The molecule has 1 unspecified atom stereocenters. The first-order chi connectivity index (χ1) is 14.1. The number of aromatic nitrogens is 2. The van der Waals surface area contributed by atoms with Crippen molar-refractivity contribution in [2.75, 3.05) is 6.61 Å². The Bertz CT molecular complexity index is 1050. The highest BCUT2D eigenvalue weighted by molar-refractivity contribution is 5.50. The Labute approximate surface area is 170 Å². The number of aryl methyl sites for hydroxylation is 1. The second-order valence-electron chi connectivity index (χ2n) is 7.44. The maximum Gasteiger partial charge on any atom is 0.145 e. The van der Waals surface area contributed by atoms with Crippen LogP contribution in [-0.2, 0) is 23.9 Å². The number of ether oxygens (including phenoxy) is 2. The second kappa shape index (κ2) is 8.08. The molecule has 6 heteroatoms. The summed E-state index contributed by atoms with van der Waals surface area (Å²) in [5, 5.41) is 9.57. The molecule has 4 bridgehead atoms. The minimum absolute atomic E-state index is 0.467. The van der Waals surface area contributed by atoms with Gasteiger partial charge in [-0.15, -0.1) is 0 Å². The molecule has 2 N–H and O–H groups in total. The van der Waals surface area contributed by atoms with Gasteiger partial charge in [0.1, 0.15) is 17.6 Å². The number of nitrogens with two attached hydrogens (primary N) is 1. The lowest BCUT2D eigenvalue weighted by Crippen LogP contribution is -2.39. The monoisotopic (exact) mass is 388 g/mol. The van der Waals surface area contributed by atoms with Crippen molar-refractivity contribution < 1.29 is 9.47 Å². The summed E-state index contributed by atoms with van der Waals surface area (Å²) in [6.45, 7) is 1.20. The topological polar surface area (TPSA) is 86.1 Å². The molecule has 1 atom stereocenters. The molecule has 4 rings (SSSR count). The molecule has 0 radical (unpaired) electrons. The fourth-order valence-corrected chi connectivity index (χ4v) is 3.81. The molecule has 0 amide bonds. The summed E-state index contributed by atoms with van der Waals surface area (Å²) < 4.78 is 13.9. The molecule has 2 heterocycles. The molecule has 148 valence electrons. The van der Waals surface area contributed by atoms with E-state index in [1.54, 1.807) is 12.4 Å². The smallest absolute Gasteiger partial charge is 0.145 e. The van der Waals surface area contributed by atoms with Crippen molar-refractivity contribution >= 4 is 0 Å². The third-order valence-corrected chi connectivity index (χ3v) is 5.40. The Morgan fingerprint density at radius 3 is 2.90 bits per heavy atom. The van der Waals surface area contributed by atoms with Crippen LogP contribution in [0.2, 0.25) is 0 Å². The van der Waals surface area contributed by atoms with E-state index in [-0.39, 0.29) is 0 Å². The van der Waals surface area contributed by atoms with Crippen LogP contribution in [-0.4, -0.2) is 16.2 Å². The van der Waals surface area contributed by atoms with E-state index in [9.17, 15) is 5.26 Å². The van der Waals surface area contributed by atoms with E-state index in [1.807, 2.05) is 54.2 Å². The number of rotatable bonds is 1. The SMILES string of the molecule is Cn1cncc1C1(N)CCCCOCc2cccc(c2)Oc2cc1ccc2C#N. The highest BCUT2D eigenvalue weighted by atomic mass is 16.5. The van der Waals surface area contributed by atoms with E-state index in [2.05, 4.69) is 11.1 Å². The molecule has 0 saturated carbocycles. The van der Waals surface area contributed by atoms with Gasteiger partial charge in [-0.25, -0.2) is 4.98 Å². The summed E-state index contributed by atoms with van der Waals surface area (Å²) in [6.07, 6.45) is 6.10. The zero-order valence-electron chi connectivity index (χ0n) is 16.5. The molecular formula is C23H24N4O2. The molecule has 1 aromatic heterocycles. The van der Waals surface area contributed by atoms with E-state index < -0.39 is 5.54 Å². The Kier molecular flexibility index (Phi) is 5.34. The molecule has 1 aliphatic rings. The van der Waals surface area contributed by atoms with Crippen molar-refractivity contribution in [1.82, 2.24) is 9.55 Å². The van der Waals surface area contributed by atoms with Gasteiger partial charge >= 0.3 is 0 Å². The minimum Gasteiger partial charge on any atom is -0.456 e. The number of imidazole rings is 1. The van der Waals surface area contributed by atoms with Gasteiger partial charge in [-0.05, 0) is 54.7 Å². The number of nitrogens with zero attached hydrogens (tertiary/aromatic N) is 3. The number of hydrogen-bond acceptors (Lipinski definition) is 5. The van der Waals surface area contributed by atoms with Crippen LogP contribution >= 0.6 is 0 Å². The highest BCUT2D eigenvalue weighted by Gasteiger charge is 2.33. The first kappa shape index (κ1) is 19.2. The third kappa shape index (κ3) is 3.88. The number of nitriles is 1. The average molecular weight is 388 g/mol. The van der Waals surface area contributed by atoms with E-state index >= 15 is 0 Å². The molecule has 0 saturated heterocycles. The van der Waals surface area contributed by atoms with Crippen molar-refractivity contribution in [3.05, 3.63) is 77.4 Å². The molecule has 1 aliphatic heterocycles. The molecule has 6 nitrogen and oxygen atoms in total. The van der Waals surface area contributed by atoms with Crippen molar-refractivity contribution in [3.63, 3.8) is 0 Å². The van der Waals surface area contributed by atoms with E-state index in [0.29, 0.717) is 30.3 Å². The van der Waals surface area contributed by atoms with Crippen LogP contribution in [0.1, 0.15) is 41.6 Å². The minimum atomic E-state index is -0.747. The summed E-state index contributed by atoms with van der Waals surface area (Å²) in [7, 11) is 1.94. The summed E-state index contributed by atoms with van der Waals surface area (Å²) in [4.78, 5) is 4.26. The van der Waals surface area contributed by atoms with Crippen molar-refractivity contribution in [2.24, 2.45) is 12.8 Å². The normalized spacial score (nSPS) is 19.6. The van der Waals surface area contributed by atoms with Crippen molar-refractivity contribution in [3.8, 4) is 17.6 Å². The van der Waals surface area contributed by atoms with Crippen LogP contribution in [0.15, 0.2) is 55.0 Å². The Hall–Kier alpha value is -3.14. The van der Waals surface area contributed by atoms with Crippen LogP contribution in [0.25, 0.3) is 0 Å². The van der Waals surface area contributed by atoms with Crippen molar-refractivity contribution in [1.29, 1.82) is 5.26 Å². The average Bonchev–Trinajstić information content (AvgIpc) is 3.16. The van der Waals surface area contributed by atoms with E-state index in [4.69, 9.17) is 15.2 Å². The van der Waals surface area contributed by atoms with Gasteiger partial charge < -0.3 is 19.8 Å². The third-order valence-electron chi connectivity index (χ3n) is 5.40. The fourth-order valence-electron chi connectivity index (χ4n) is 3.81. The lowest BCUT2D eigenvalue weighted by molar-refractivity contribution is 0.115. The van der Waals surface area contributed by atoms with Crippen LogP contribution in [0, 0.1) is 11.3 Å². The second-order valence-corrected chi connectivity index (χ2v) is 7.44. The molecule has 29 heavy (non-hydrogen) atoms. The van der Waals surface area contributed by atoms with Crippen LogP contribution in [0.3, 0.4) is 0 Å². The quantitative estimate of drug-likeness (QED) is 0.681. The summed E-state index contributed by atoms with van der Waals surface area (Å²) in [5.41, 5.74) is 9.57. The maximum atomic E-state index is 9.57. The summed E-state index contributed by atoms with van der Waals surface area (Å²) in [6, 6.07) is 15.6. The van der Waals surface area contributed by atoms with Gasteiger partial charge in [0.05, 0.1) is 35.9 Å². The zero-order chi connectivity index (χ0) is 20.3. The summed E-state index contributed by atoms with van der Waals surface area (Å²) in [5.74, 6) is 1.16. The van der Waals surface area contributed by atoms with Gasteiger partial charge in [-0.2, -0.15) is 5.26 Å². The van der Waals surface area contributed by atoms with Gasteiger partial charge in [0, 0.05) is 13.7 Å². The van der Waals surface area contributed by atoms with Gasteiger partial charge in [0.15, 0.2) is 0 Å². The lowest BCUT2D eigenvalue weighted by Gasteiger charge is -2.31. The zero-order valence-corrected chi connectivity index (χ0v) is 16.5. The van der Waals surface area contributed by atoms with Crippen LogP contribution < -0.4 is 10.5 Å². The number of hydrogen-bond donors (Lipinski definition) is 1. The van der Waals surface area contributed by atoms with E-state index in [1.165, 1.54) is 0 Å². The summed E-state index contributed by atoms with van der Waals surface area (Å²) >= 11 is 0. The van der Waals surface area contributed by atoms with Crippen LogP contribution in [0.4, 0.5) is 0 Å². The first-order valence-electron chi connectivity index (χ1n) is 9.75. The molecule has 3 aromatic rings. The molecule has 0 fully saturated rings. The molecular weight excluding hydrogens is 364 g/mol. The Morgan fingerprint density at radius 2 is 2.10 bits per heavy atom. The Balaban J connectivity index is 1.83. The predicted molar refractivity (Wildman–Crippen MR) is 109 cm³/mol. The van der Waals surface area contributed by atoms with Gasteiger partial charge in [-0.1, -0.05) is 18.2 Å². The highest BCUT2D eigenvalue weighted by Crippen LogP contribution is 2.36. The number of fused-ring (bicyclic) bond motifs is 4. The largest absolute Gasteiger partial charge is 0.456 e. The molecule has 2 aromatic carbocycles.